The molecule has 122 valence electrons. The first kappa shape index (κ1) is 16.8. The van der Waals surface area contributed by atoms with Crippen molar-refractivity contribution in [2.24, 2.45) is 0 Å². The van der Waals surface area contributed by atoms with Gasteiger partial charge in [0.2, 0.25) is 5.16 Å². The number of nitrogens with zero attached hydrogens (tertiary/aromatic N) is 3. The monoisotopic (exact) mass is 329 g/mol. The molecular weight excluding hydrogens is 309 g/mol. The molecule has 2 rings (SSSR count). The van der Waals surface area contributed by atoms with E-state index in [0.717, 1.165) is 18.8 Å². The van der Waals surface area contributed by atoms with Crippen LogP contribution in [0.3, 0.4) is 0 Å². The molecule has 8 heteroatoms. The lowest BCUT2D eigenvalue weighted by Gasteiger charge is -2.33. The van der Waals surface area contributed by atoms with Gasteiger partial charge in [0, 0.05) is 13.1 Å². The quantitative estimate of drug-likeness (QED) is 0.777. The number of carbonyl (C=O) groups excluding carboxylic acids is 1. The van der Waals surface area contributed by atoms with E-state index < -0.39 is 28.3 Å². The summed E-state index contributed by atoms with van der Waals surface area (Å²) in [5, 5.41) is -0.177. The molecule has 0 spiro atoms. The molecule has 0 unspecified atom stereocenters. The Bertz CT molecular complexity index is 559. The third-order valence-electron chi connectivity index (χ3n) is 3.11. The standard InChI is InChI=1S/C14H20FN3O3S/c1-14(2,3)21-13(19)18-6-4-5-11(9-18)22(20)12-16-7-10(15)8-17-12/h7-8,11H,4-6,9H2,1-3H3/t11-,22-/m1/s1. The van der Waals surface area contributed by atoms with Crippen molar-refractivity contribution in [3.8, 4) is 0 Å². The van der Waals surface area contributed by atoms with Crippen molar-refractivity contribution < 1.29 is 18.1 Å². The van der Waals surface area contributed by atoms with E-state index >= 15 is 0 Å². The van der Waals surface area contributed by atoms with E-state index in [1.54, 1.807) is 25.7 Å². The lowest BCUT2D eigenvalue weighted by Crippen LogP contribution is -2.46. The van der Waals surface area contributed by atoms with Gasteiger partial charge in [-0.2, -0.15) is 0 Å². The Hall–Kier alpha value is -1.57. The van der Waals surface area contributed by atoms with Gasteiger partial charge in [-0.05, 0) is 33.6 Å². The minimum absolute atomic E-state index is 0.0949. The molecule has 1 aliphatic heterocycles. The van der Waals surface area contributed by atoms with Gasteiger partial charge in [-0.25, -0.2) is 19.2 Å². The van der Waals surface area contributed by atoms with E-state index in [4.69, 9.17) is 4.74 Å². The highest BCUT2D eigenvalue weighted by atomic mass is 32.2. The number of carbonyl (C=O) groups is 1. The third kappa shape index (κ3) is 4.46. The molecule has 1 aromatic rings. The van der Waals surface area contributed by atoms with Crippen LogP contribution in [0.2, 0.25) is 0 Å². The Morgan fingerprint density at radius 3 is 2.64 bits per heavy atom. The van der Waals surface area contributed by atoms with Crippen LogP contribution in [-0.2, 0) is 15.5 Å². The molecule has 0 N–H and O–H groups in total. The summed E-state index contributed by atoms with van der Waals surface area (Å²) in [7, 11) is -1.48. The predicted octanol–water partition coefficient (Wildman–Crippen LogP) is 2.12. The van der Waals surface area contributed by atoms with Crippen molar-refractivity contribution in [3.63, 3.8) is 0 Å². The Morgan fingerprint density at radius 2 is 2.05 bits per heavy atom. The average Bonchev–Trinajstić information content (AvgIpc) is 2.46. The summed E-state index contributed by atoms with van der Waals surface area (Å²) in [6.07, 6.45) is 3.02. The molecule has 0 aromatic carbocycles. The maximum Gasteiger partial charge on any atom is 0.410 e. The molecule has 1 aliphatic rings. The zero-order chi connectivity index (χ0) is 16.3. The topological polar surface area (TPSA) is 72.4 Å². The predicted molar refractivity (Wildman–Crippen MR) is 79.2 cm³/mol. The highest BCUT2D eigenvalue weighted by molar-refractivity contribution is 7.85. The minimum atomic E-state index is -1.48. The van der Waals surface area contributed by atoms with Crippen LogP contribution in [0.4, 0.5) is 9.18 Å². The molecule has 2 atom stereocenters. The maximum absolute atomic E-state index is 12.8. The van der Waals surface area contributed by atoms with Crippen LogP contribution in [0, 0.1) is 5.82 Å². The largest absolute Gasteiger partial charge is 0.444 e. The first-order valence-electron chi connectivity index (χ1n) is 7.12. The minimum Gasteiger partial charge on any atom is -0.444 e. The fraction of sp³-hybridized carbons (Fsp3) is 0.643. The molecule has 0 radical (unpaired) electrons. The van der Waals surface area contributed by atoms with Gasteiger partial charge in [-0.1, -0.05) is 0 Å². The number of hydrogen-bond acceptors (Lipinski definition) is 5. The summed E-state index contributed by atoms with van der Waals surface area (Å²) in [5.41, 5.74) is -0.566. The van der Waals surface area contributed by atoms with E-state index in [-0.39, 0.29) is 10.4 Å². The van der Waals surface area contributed by atoms with Crippen LogP contribution in [0.15, 0.2) is 17.6 Å². The van der Waals surface area contributed by atoms with Crippen molar-refractivity contribution in [3.05, 3.63) is 18.2 Å². The molecule has 22 heavy (non-hydrogen) atoms. The summed E-state index contributed by atoms with van der Waals surface area (Å²) in [5.74, 6) is -0.570. The highest BCUT2D eigenvalue weighted by Crippen LogP contribution is 2.20. The van der Waals surface area contributed by atoms with E-state index in [0.29, 0.717) is 19.5 Å². The third-order valence-corrected chi connectivity index (χ3v) is 4.67. The number of hydrogen-bond donors (Lipinski definition) is 0. The summed E-state index contributed by atoms with van der Waals surface area (Å²) in [4.78, 5) is 21.2. The van der Waals surface area contributed by atoms with Crippen LogP contribution in [0.25, 0.3) is 0 Å². The lowest BCUT2D eigenvalue weighted by atomic mass is 10.1. The Balaban J connectivity index is 2.02. The normalized spacial score (nSPS) is 20.5. The number of aromatic nitrogens is 2. The lowest BCUT2D eigenvalue weighted by molar-refractivity contribution is 0.0219. The van der Waals surface area contributed by atoms with Crippen molar-refractivity contribution in [2.45, 2.75) is 49.6 Å². The second-order valence-electron chi connectivity index (χ2n) is 6.17. The van der Waals surface area contributed by atoms with E-state index in [1.165, 1.54) is 0 Å². The summed E-state index contributed by atoms with van der Waals surface area (Å²) < 4.78 is 30.6. The van der Waals surface area contributed by atoms with Gasteiger partial charge >= 0.3 is 6.09 Å². The number of likely N-dealkylation sites (tertiary alicyclic amines) is 1. The van der Waals surface area contributed by atoms with Crippen LogP contribution < -0.4 is 0 Å². The SMILES string of the molecule is CC(C)(C)OC(=O)N1CCC[C@@H]([S@@](=O)c2ncc(F)cn2)C1. The fourth-order valence-electron chi connectivity index (χ4n) is 2.16. The van der Waals surface area contributed by atoms with Crippen LogP contribution >= 0.6 is 0 Å². The Kier molecular flexibility index (Phi) is 5.10. The highest BCUT2D eigenvalue weighted by Gasteiger charge is 2.31. The molecule has 1 saturated heterocycles. The van der Waals surface area contributed by atoms with Crippen LogP contribution in [-0.4, -0.2) is 49.1 Å². The van der Waals surface area contributed by atoms with Gasteiger partial charge < -0.3 is 9.64 Å². The molecular formula is C14H20FN3O3S. The van der Waals surface area contributed by atoms with Gasteiger partial charge in [-0.3, -0.25) is 4.21 Å². The Morgan fingerprint density at radius 1 is 1.41 bits per heavy atom. The van der Waals surface area contributed by atoms with E-state index in [9.17, 15) is 13.4 Å². The molecule has 2 heterocycles. The maximum atomic E-state index is 12.8. The number of piperidine rings is 1. The molecule has 1 amide bonds. The molecule has 0 bridgehead atoms. The van der Waals surface area contributed by atoms with E-state index in [2.05, 4.69) is 9.97 Å². The van der Waals surface area contributed by atoms with Crippen molar-refractivity contribution in [2.75, 3.05) is 13.1 Å². The average molecular weight is 329 g/mol. The van der Waals surface area contributed by atoms with Crippen molar-refractivity contribution in [1.82, 2.24) is 14.9 Å². The first-order chi connectivity index (χ1) is 10.3. The second-order valence-corrected chi connectivity index (χ2v) is 7.80. The molecule has 1 aromatic heterocycles. The summed E-state index contributed by atoms with van der Waals surface area (Å²) in [6, 6.07) is 0. The van der Waals surface area contributed by atoms with Gasteiger partial charge in [0.1, 0.15) is 5.60 Å². The first-order valence-corrected chi connectivity index (χ1v) is 8.33. The smallest absolute Gasteiger partial charge is 0.410 e. The van der Waals surface area contributed by atoms with Crippen molar-refractivity contribution in [1.29, 1.82) is 0 Å². The second kappa shape index (κ2) is 6.68. The number of halogens is 1. The molecule has 0 saturated carbocycles. The van der Waals surface area contributed by atoms with Gasteiger partial charge in [0.25, 0.3) is 0 Å². The fourth-order valence-corrected chi connectivity index (χ4v) is 3.47. The van der Waals surface area contributed by atoms with E-state index in [1.807, 2.05) is 0 Å². The number of ether oxygens (including phenoxy) is 1. The van der Waals surface area contributed by atoms with Crippen LogP contribution in [0.5, 0.6) is 0 Å². The molecule has 0 aliphatic carbocycles. The Labute approximate surface area is 131 Å². The molecule has 6 nitrogen and oxygen atoms in total. The zero-order valence-electron chi connectivity index (χ0n) is 12.9. The summed E-state index contributed by atoms with van der Waals surface area (Å²) in [6.45, 7) is 6.31. The van der Waals surface area contributed by atoms with Crippen LogP contribution in [0.1, 0.15) is 33.6 Å². The van der Waals surface area contributed by atoms with Gasteiger partial charge in [0.15, 0.2) is 5.82 Å². The summed E-state index contributed by atoms with van der Waals surface area (Å²) >= 11 is 0. The molecule has 1 fully saturated rings. The number of amides is 1. The van der Waals surface area contributed by atoms with Gasteiger partial charge in [-0.15, -0.1) is 0 Å². The zero-order valence-corrected chi connectivity index (χ0v) is 13.7. The van der Waals surface area contributed by atoms with Gasteiger partial charge in [0.05, 0.1) is 28.4 Å². The van der Waals surface area contributed by atoms with Crippen molar-refractivity contribution >= 4 is 16.9 Å². The number of rotatable bonds is 2.